The molecule has 6 heteroatoms. The van der Waals surface area contributed by atoms with Crippen molar-refractivity contribution >= 4 is 23.2 Å². The highest BCUT2D eigenvalue weighted by molar-refractivity contribution is 6.30. The average molecular weight is 417 g/mol. The molecule has 1 amide bonds. The fourth-order valence-electron chi connectivity index (χ4n) is 3.24. The van der Waals surface area contributed by atoms with E-state index in [1.807, 2.05) is 81.4 Å². The van der Waals surface area contributed by atoms with Gasteiger partial charge in [-0.1, -0.05) is 54.1 Å². The van der Waals surface area contributed by atoms with Gasteiger partial charge in [0.05, 0.1) is 5.69 Å². The van der Waals surface area contributed by atoms with Crippen LogP contribution in [0.15, 0.2) is 66.7 Å². The van der Waals surface area contributed by atoms with Crippen LogP contribution in [0.2, 0.25) is 5.02 Å². The van der Waals surface area contributed by atoms with Gasteiger partial charge in [-0.05, 0) is 61.7 Å². The molecule has 150 valence electrons. The molecule has 4 aromatic rings. The van der Waals surface area contributed by atoms with Crippen LogP contribution < -0.4 is 5.32 Å². The van der Waals surface area contributed by atoms with Gasteiger partial charge in [-0.2, -0.15) is 0 Å². The largest absolute Gasteiger partial charge is 0.319 e. The lowest BCUT2D eigenvalue weighted by molar-refractivity contribution is 0.101. The second-order valence-corrected chi connectivity index (χ2v) is 7.68. The van der Waals surface area contributed by atoms with Crippen LogP contribution in [0.25, 0.3) is 17.1 Å². The Bertz CT molecular complexity index is 1250. The Morgan fingerprint density at radius 2 is 1.73 bits per heavy atom. The zero-order valence-electron chi connectivity index (χ0n) is 17.0. The number of halogens is 1. The van der Waals surface area contributed by atoms with Crippen molar-refractivity contribution in [1.82, 2.24) is 14.8 Å². The minimum absolute atomic E-state index is 0.0918. The summed E-state index contributed by atoms with van der Waals surface area (Å²) in [5.41, 5.74) is 5.44. The molecule has 0 bridgehead atoms. The molecule has 0 spiro atoms. The van der Waals surface area contributed by atoms with E-state index in [2.05, 4.69) is 15.4 Å². The summed E-state index contributed by atoms with van der Waals surface area (Å²) >= 11 is 6.20. The van der Waals surface area contributed by atoms with Crippen LogP contribution >= 0.6 is 11.6 Å². The molecule has 1 N–H and O–H groups in total. The molecule has 0 aliphatic rings. The second-order valence-electron chi connectivity index (χ2n) is 7.24. The number of rotatable bonds is 4. The molecule has 0 unspecified atom stereocenters. The lowest BCUT2D eigenvalue weighted by Crippen LogP contribution is -2.15. The van der Waals surface area contributed by atoms with Gasteiger partial charge in [0.2, 0.25) is 5.82 Å². The maximum atomic E-state index is 13.0. The number of nitrogens with one attached hydrogen (secondary N) is 1. The molecular formula is C24H21ClN4O. The van der Waals surface area contributed by atoms with Gasteiger partial charge in [0, 0.05) is 16.3 Å². The number of para-hydroxylation sites is 1. The number of aromatic nitrogens is 3. The van der Waals surface area contributed by atoms with Gasteiger partial charge in [0.15, 0.2) is 5.82 Å². The molecule has 5 nitrogen and oxygen atoms in total. The maximum Gasteiger partial charge on any atom is 0.295 e. The van der Waals surface area contributed by atoms with E-state index in [1.54, 1.807) is 10.7 Å². The summed E-state index contributed by atoms with van der Waals surface area (Å²) in [6.07, 6.45) is 0. The van der Waals surface area contributed by atoms with Gasteiger partial charge in [0.1, 0.15) is 0 Å². The lowest BCUT2D eigenvalue weighted by atomic mass is 10.1. The van der Waals surface area contributed by atoms with Crippen molar-refractivity contribution in [1.29, 1.82) is 0 Å². The maximum absolute atomic E-state index is 13.0. The topological polar surface area (TPSA) is 59.8 Å². The van der Waals surface area contributed by atoms with Gasteiger partial charge >= 0.3 is 0 Å². The standard InChI is InChI=1S/C24H21ClN4O/c1-15-11-12-16(2)20(13-15)26-24(30)22-27-23(18-8-6-9-19(25)14-18)29(28-22)21-10-5-4-7-17(21)3/h4-14H,1-3H3,(H,26,30). The average Bonchev–Trinajstić information content (AvgIpc) is 3.16. The predicted octanol–water partition coefficient (Wildman–Crippen LogP) is 5.77. The fourth-order valence-corrected chi connectivity index (χ4v) is 3.43. The Hall–Kier alpha value is -3.44. The van der Waals surface area contributed by atoms with Crippen LogP contribution in [0.5, 0.6) is 0 Å². The van der Waals surface area contributed by atoms with E-state index >= 15 is 0 Å². The lowest BCUT2D eigenvalue weighted by Gasteiger charge is -2.09. The number of amides is 1. The number of carbonyl (C=O) groups excluding carboxylic acids is 1. The van der Waals surface area contributed by atoms with Gasteiger partial charge < -0.3 is 5.32 Å². The van der Waals surface area contributed by atoms with Crippen molar-refractivity contribution < 1.29 is 4.79 Å². The summed E-state index contributed by atoms with van der Waals surface area (Å²) in [6.45, 7) is 5.93. The van der Waals surface area contributed by atoms with Crippen molar-refractivity contribution in [3.05, 3.63) is 94.3 Å². The van der Waals surface area contributed by atoms with E-state index < -0.39 is 0 Å². The van der Waals surface area contributed by atoms with Crippen LogP contribution in [0, 0.1) is 20.8 Å². The molecule has 1 heterocycles. The molecule has 0 aliphatic heterocycles. The molecule has 0 aliphatic carbocycles. The Morgan fingerprint density at radius 1 is 0.933 bits per heavy atom. The summed E-state index contributed by atoms with van der Waals surface area (Å²) in [4.78, 5) is 17.6. The van der Waals surface area contributed by atoms with Crippen LogP contribution in [0.3, 0.4) is 0 Å². The molecule has 1 aromatic heterocycles. The fraction of sp³-hybridized carbons (Fsp3) is 0.125. The van der Waals surface area contributed by atoms with Crippen LogP contribution in [0.1, 0.15) is 27.3 Å². The number of benzene rings is 3. The van der Waals surface area contributed by atoms with Crippen LogP contribution in [0.4, 0.5) is 5.69 Å². The van der Waals surface area contributed by atoms with E-state index in [1.165, 1.54) is 0 Å². The molecule has 30 heavy (non-hydrogen) atoms. The smallest absolute Gasteiger partial charge is 0.295 e. The molecular weight excluding hydrogens is 396 g/mol. The van der Waals surface area contributed by atoms with E-state index in [0.29, 0.717) is 10.8 Å². The second kappa shape index (κ2) is 8.13. The van der Waals surface area contributed by atoms with E-state index in [-0.39, 0.29) is 11.7 Å². The monoisotopic (exact) mass is 416 g/mol. The summed E-state index contributed by atoms with van der Waals surface area (Å²) in [5, 5.41) is 8.07. The number of nitrogens with zero attached hydrogens (tertiary/aromatic N) is 3. The summed E-state index contributed by atoms with van der Waals surface area (Å²) < 4.78 is 1.69. The Labute approximate surface area is 180 Å². The van der Waals surface area contributed by atoms with Crippen molar-refractivity contribution in [3.8, 4) is 17.1 Å². The number of anilines is 1. The third-order valence-corrected chi connectivity index (χ3v) is 5.11. The Kier molecular flexibility index (Phi) is 5.38. The number of hydrogen-bond acceptors (Lipinski definition) is 3. The first-order chi connectivity index (χ1) is 14.4. The van der Waals surface area contributed by atoms with Crippen molar-refractivity contribution in [2.75, 3.05) is 5.32 Å². The van der Waals surface area contributed by atoms with Gasteiger partial charge in [-0.15, -0.1) is 5.10 Å². The minimum atomic E-state index is -0.362. The van der Waals surface area contributed by atoms with Crippen LogP contribution in [-0.4, -0.2) is 20.7 Å². The molecule has 0 radical (unpaired) electrons. The number of aryl methyl sites for hydroxylation is 3. The molecule has 0 saturated heterocycles. The zero-order chi connectivity index (χ0) is 21.3. The van der Waals surface area contributed by atoms with Gasteiger partial charge in [-0.3, -0.25) is 4.79 Å². The molecule has 3 aromatic carbocycles. The Morgan fingerprint density at radius 3 is 2.50 bits per heavy atom. The first kappa shape index (κ1) is 19.9. The summed E-state index contributed by atoms with van der Waals surface area (Å²) in [7, 11) is 0. The summed E-state index contributed by atoms with van der Waals surface area (Å²) in [6, 6.07) is 21.1. The van der Waals surface area contributed by atoms with Crippen molar-refractivity contribution in [2.24, 2.45) is 0 Å². The van der Waals surface area contributed by atoms with E-state index in [9.17, 15) is 4.79 Å². The predicted molar refractivity (Wildman–Crippen MR) is 120 cm³/mol. The van der Waals surface area contributed by atoms with E-state index in [0.717, 1.165) is 33.6 Å². The van der Waals surface area contributed by atoms with Crippen molar-refractivity contribution in [2.45, 2.75) is 20.8 Å². The zero-order valence-corrected chi connectivity index (χ0v) is 17.7. The Balaban J connectivity index is 1.80. The third-order valence-electron chi connectivity index (χ3n) is 4.88. The normalized spacial score (nSPS) is 10.8. The molecule has 0 atom stereocenters. The number of hydrogen-bond donors (Lipinski definition) is 1. The SMILES string of the molecule is Cc1ccc(C)c(NC(=O)c2nc(-c3cccc(Cl)c3)n(-c3ccccc3C)n2)c1. The first-order valence-corrected chi connectivity index (χ1v) is 9.98. The van der Waals surface area contributed by atoms with Crippen LogP contribution in [-0.2, 0) is 0 Å². The molecule has 0 fully saturated rings. The first-order valence-electron chi connectivity index (χ1n) is 9.60. The highest BCUT2D eigenvalue weighted by Gasteiger charge is 2.20. The quantitative estimate of drug-likeness (QED) is 0.459. The number of carbonyl (C=O) groups is 1. The highest BCUT2D eigenvalue weighted by atomic mass is 35.5. The van der Waals surface area contributed by atoms with Gasteiger partial charge in [0.25, 0.3) is 5.91 Å². The third kappa shape index (κ3) is 3.98. The summed E-state index contributed by atoms with van der Waals surface area (Å²) in [5.74, 6) is 0.284. The highest BCUT2D eigenvalue weighted by Crippen LogP contribution is 2.26. The van der Waals surface area contributed by atoms with Gasteiger partial charge in [-0.25, -0.2) is 9.67 Å². The molecule has 4 rings (SSSR count). The minimum Gasteiger partial charge on any atom is -0.319 e. The van der Waals surface area contributed by atoms with E-state index in [4.69, 9.17) is 11.6 Å². The van der Waals surface area contributed by atoms with Crippen molar-refractivity contribution in [3.63, 3.8) is 0 Å². The molecule has 0 saturated carbocycles.